The zero-order chi connectivity index (χ0) is 14.6. The van der Waals surface area contributed by atoms with Gasteiger partial charge in [0.2, 0.25) is 0 Å². The van der Waals surface area contributed by atoms with Crippen LogP contribution in [0.2, 0.25) is 0 Å². The number of nitrogens with one attached hydrogen (secondary N) is 1. The smallest absolute Gasteiger partial charge is 0.336 e. The number of benzene rings is 1. The van der Waals surface area contributed by atoms with Crippen molar-refractivity contribution in [2.24, 2.45) is 0 Å². The summed E-state index contributed by atoms with van der Waals surface area (Å²) in [5.74, 6) is -1.75. The Kier molecular flexibility index (Phi) is 5.02. The second kappa shape index (κ2) is 6.31. The highest BCUT2D eigenvalue weighted by molar-refractivity contribution is 6.06. The third kappa shape index (κ3) is 3.52. The van der Waals surface area contributed by atoms with Gasteiger partial charge in [0.25, 0.3) is 5.91 Å². The zero-order valence-corrected chi connectivity index (χ0v) is 10.8. The number of hydrogen-bond donors (Lipinski definition) is 4. The van der Waals surface area contributed by atoms with Crippen molar-refractivity contribution in [3.8, 4) is 0 Å². The molecule has 0 aromatic heterocycles. The second-order valence-corrected chi connectivity index (χ2v) is 4.30. The lowest BCUT2D eigenvalue weighted by atomic mass is 9.96. The molecule has 0 aliphatic carbocycles. The molecule has 0 saturated heterocycles. The van der Waals surface area contributed by atoms with Gasteiger partial charge in [0.15, 0.2) is 0 Å². The van der Waals surface area contributed by atoms with Gasteiger partial charge in [-0.3, -0.25) is 4.79 Å². The number of aliphatic hydroxyl groups is 2. The number of aryl methyl sites for hydroxylation is 2. The fourth-order valence-corrected chi connectivity index (χ4v) is 1.74. The largest absolute Gasteiger partial charge is 0.478 e. The lowest BCUT2D eigenvalue weighted by Crippen LogP contribution is -2.35. The molecule has 6 heteroatoms. The Balaban J connectivity index is 3.08. The summed E-state index contributed by atoms with van der Waals surface area (Å²) in [4.78, 5) is 23.2. The van der Waals surface area contributed by atoms with Crippen molar-refractivity contribution < 1.29 is 24.9 Å². The minimum atomic E-state index is -1.17. The van der Waals surface area contributed by atoms with Crippen LogP contribution in [-0.4, -0.2) is 46.5 Å². The number of carboxylic acids is 1. The quantitative estimate of drug-likeness (QED) is 0.604. The first-order valence-corrected chi connectivity index (χ1v) is 5.79. The fraction of sp³-hybridized carbons (Fsp3) is 0.385. The van der Waals surface area contributed by atoms with Gasteiger partial charge in [-0.25, -0.2) is 4.79 Å². The van der Waals surface area contributed by atoms with Crippen LogP contribution >= 0.6 is 0 Å². The lowest BCUT2D eigenvalue weighted by Gasteiger charge is -2.14. The van der Waals surface area contributed by atoms with Gasteiger partial charge in [-0.15, -0.1) is 0 Å². The van der Waals surface area contributed by atoms with Gasteiger partial charge in [-0.05, 0) is 25.0 Å². The molecule has 4 N–H and O–H groups in total. The average Bonchev–Trinajstić information content (AvgIpc) is 2.37. The van der Waals surface area contributed by atoms with Crippen molar-refractivity contribution in [2.45, 2.75) is 20.0 Å². The number of aromatic carboxylic acids is 1. The van der Waals surface area contributed by atoms with Crippen molar-refractivity contribution in [3.05, 3.63) is 34.4 Å². The SMILES string of the molecule is Cc1ccc(C)c(C(=O)NCC(O)CO)c1C(=O)O. The van der Waals surface area contributed by atoms with Crippen molar-refractivity contribution >= 4 is 11.9 Å². The second-order valence-electron chi connectivity index (χ2n) is 4.30. The number of rotatable bonds is 5. The van der Waals surface area contributed by atoms with E-state index >= 15 is 0 Å². The maximum atomic E-state index is 12.0. The third-order valence-electron chi connectivity index (χ3n) is 2.77. The normalized spacial score (nSPS) is 12.0. The van der Waals surface area contributed by atoms with Gasteiger partial charge >= 0.3 is 5.97 Å². The Hall–Kier alpha value is -1.92. The van der Waals surface area contributed by atoms with Crippen molar-refractivity contribution in [1.29, 1.82) is 0 Å². The van der Waals surface area contributed by atoms with E-state index in [9.17, 15) is 19.8 Å². The number of carboxylic acid groups (broad SMARTS) is 1. The summed E-state index contributed by atoms with van der Waals surface area (Å²) in [6, 6.07) is 3.30. The summed E-state index contributed by atoms with van der Waals surface area (Å²) >= 11 is 0. The monoisotopic (exact) mass is 267 g/mol. The molecular formula is C13H17NO5. The van der Waals surface area contributed by atoms with Crippen molar-refractivity contribution in [1.82, 2.24) is 5.32 Å². The van der Waals surface area contributed by atoms with Crippen LogP contribution in [0.25, 0.3) is 0 Å². The predicted octanol–water partition coefficient (Wildman–Crippen LogP) is 0.0846. The molecule has 1 amide bonds. The van der Waals surface area contributed by atoms with E-state index in [2.05, 4.69) is 5.32 Å². The number of carbonyl (C=O) groups excluding carboxylic acids is 1. The molecule has 1 aromatic carbocycles. The molecule has 0 bridgehead atoms. The van der Waals surface area contributed by atoms with Crippen molar-refractivity contribution in [3.63, 3.8) is 0 Å². The van der Waals surface area contributed by atoms with Crippen molar-refractivity contribution in [2.75, 3.05) is 13.2 Å². The summed E-state index contributed by atoms with van der Waals surface area (Å²) in [5.41, 5.74) is 1.07. The molecule has 1 unspecified atom stereocenters. The van der Waals surface area contributed by atoms with Crippen LogP contribution in [0.15, 0.2) is 12.1 Å². The van der Waals surface area contributed by atoms with E-state index < -0.39 is 24.6 Å². The maximum Gasteiger partial charge on any atom is 0.336 e. The highest BCUT2D eigenvalue weighted by atomic mass is 16.4. The molecule has 0 radical (unpaired) electrons. The first-order chi connectivity index (χ1) is 8.88. The van der Waals surface area contributed by atoms with E-state index in [1.807, 2.05) is 0 Å². The number of hydrogen-bond acceptors (Lipinski definition) is 4. The van der Waals surface area contributed by atoms with E-state index in [4.69, 9.17) is 5.11 Å². The maximum absolute atomic E-state index is 12.0. The Bertz CT molecular complexity index is 498. The number of amides is 1. The minimum absolute atomic E-state index is 0.0454. The van der Waals surface area contributed by atoms with Crippen LogP contribution in [0, 0.1) is 13.8 Å². The molecule has 0 aliphatic heterocycles. The molecule has 1 rings (SSSR count). The molecule has 0 aliphatic rings. The van der Waals surface area contributed by atoms with Crippen LogP contribution in [0.4, 0.5) is 0 Å². The number of carbonyl (C=O) groups is 2. The van der Waals surface area contributed by atoms with E-state index in [-0.39, 0.29) is 17.7 Å². The molecule has 0 spiro atoms. The van der Waals surface area contributed by atoms with E-state index in [0.29, 0.717) is 11.1 Å². The Labute approximate surface area is 110 Å². The molecule has 0 saturated carbocycles. The van der Waals surface area contributed by atoms with Gasteiger partial charge in [0.1, 0.15) is 0 Å². The van der Waals surface area contributed by atoms with Gasteiger partial charge < -0.3 is 20.6 Å². The zero-order valence-electron chi connectivity index (χ0n) is 10.8. The lowest BCUT2D eigenvalue weighted by molar-refractivity contribution is 0.0686. The Morgan fingerprint density at radius 3 is 2.21 bits per heavy atom. The molecule has 19 heavy (non-hydrogen) atoms. The third-order valence-corrected chi connectivity index (χ3v) is 2.77. The van der Waals surface area contributed by atoms with E-state index in [1.54, 1.807) is 26.0 Å². The molecule has 1 atom stereocenters. The van der Waals surface area contributed by atoms with Crippen LogP contribution < -0.4 is 5.32 Å². The fourth-order valence-electron chi connectivity index (χ4n) is 1.74. The first kappa shape index (κ1) is 15.1. The van der Waals surface area contributed by atoms with Crippen LogP contribution in [0.3, 0.4) is 0 Å². The molecule has 1 aromatic rings. The number of aliphatic hydroxyl groups excluding tert-OH is 2. The van der Waals surface area contributed by atoms with Crippen LogP contribution in [0.1, 0.15) is 31.8 Å². The standard InChI is InChI=1S/C13H17NO5/c1-7-3-4-8(2)11(13(18)19)10(7)12(17)14-5-9(16)6-15/h3-4,9,15-16H,5-6H2,1-2H3,(H,14,17)(H,18,19). The van der Waals surface area contributed by atoms with Gasteiger partial charge in [0.05, 0.1) is 23.8 Å². The van der Waals surface area contributed by atoms with Gasteiger partial charge in [0, 0.05) is 6.54 Å². The van der Waals surface area contributed by atoms with Gasteiger partial charge in [-0.1, -0.05) is 12.1 Å². The first-order valence-electron chi connectivity index (χ1n) is 5.79. The van der Waals surface area contributed by atoms with Crippen LogP contribution in [0.5, 0.6) is 0 Å². The molecule has 0 heterocycles. The Morgan fingerprint density at radius 1 is 1.21 bits per heavy atom. The highest BCUT2D eigenvalue weighted by Crippen LogP contribution is 2.18. The summed E-state index contributed by atoms with van der Waals surface area (Å²) in [7, 11) is 0. The summed E-state index contributed by atoms with van der Waals surface area (Å²) in [5, 5.41) is 29.4. The van der Waals surface area contributed by atoms with E-state index in [1.165, 1.54) is 0 Å². The average molecular weight is 267 g/mol. The molecular weight excluding hydrogens is 250 g/mol. The Morgan fingerprint density at radius 2 is 1.74 bits per heavy atom. The van der Waals surface area contributed by atoms with E-state index in [0.717, 1.165) is 0 Å². The topological polar surface area (TPSA) is 107 Å². The predicted molar refractivity (Wildman–Crippen MR) is 68.3 cm³/mol. The van der Waals surface area contributed by atoms with Gasteiger partial charge in [-0.2, -0.15) is 0 Å². The summed E-state index contributed by atoms with van der Waals surface area (Å²) in [6.45, 7) is 2.64. The molecule has 0 fully saturated rings. The summed E-state index contributed by atoms with van der Waals surface area (Å²) < 4.78 is 0. The summed E-state index contributed by atoms with van der Waals surface area (Å²) in [6.07, 6.45) is -1.07. The minimum Gasteiger partial charge on any atom is -0.478 e. The molecule has 104 valence electrons. The highest BCUT2D eigenvalue weighted by Gasteiger charge is 2.21. The van der Waals surface area contributed by atoms with Crippen LogP contribution in [-0.2, 0) is 0 Å². The molecule has 6 nitrogen and oxygen atoms in total.